The molecule has 0 saturated carbocycles. The lowest BCUT2D eigenvalue weighted by Crippen LogP contribution is -2.27. The van der Waals surface area contributed by atoms with Crippen LogP contribution in [0.5, 0.6) is 0 Å². The average Bonchev–Trinajstić information content (AvgIpc) is 2.62. The molecule has 1 atom stereocenters. The lowest BCUT2D eigenvalue weighted by Gasteiger charge is -2.20. The summed E-state index contributed by atoms with van der Waals surface area (Å²) in [4.78, 5) is 13.7. The summed E-state index contributed by atoms with van der Waals surface area (Å²) in [6, 6.07) is 14.6. The van der Waals surface area contributed by atoms with Crippen LogP contribution in [0, 0.1) is 0 Å². The monoisotopic (exact) mass is 339 g/mol. The van der Waals surface area contributed by atoms with Crippen LogP contribution in [-0.2, 0) is 12.8 Å². The van der Waals surface area contributed by atoms with Gasteiger partial charge in [-0.1, -0.05) is 37.3 Å². The van der Waals surface area contributed by atoms with Gasteiger partial charge in [-0.2, -0.15) is 0 Å². The number of thioether (sulfide) groups is 1. The summed E-state index contributed by atoms with van der Waals surface area (Å²) in [5.41, 5.74) is 4.91. The van der Waals surface area contributed by atoms with Crippen molar-refractivity contribution in [1.29, 1.82) is 0 Å². The van der Waals surface area contributed by atoms with Crippen LogP contribution < -0.4 is 5.32 Å². The van der Waals surface area contributed by atoms with Crippen LogP contribution in [0.25, 0.3) is 0 Å². The molecular weight excluding hydrogens is 314 g/mol. The summed E-state index contributed by atoms with van der Waals surface area (Å²) in [6.07, 6.45) is 4.93. The topological polar surface area (TPSA) is 29.1 Å². The number of hydrogen-bond acceptors (Lipinski definition) is 2. The van der Waals surface area contributed by atoms with E-state index < -0.39 is 0 Å². The van der Waals surface area contributed by atoms with Crippen molar-refractivity contribution in [3.63, 3.8) is 0 Å². The number of benzene rings is 2. The second-order valence-corrected chi connectivity index (χ2v) is 7.67. The average molecular weight is 340 g/mol. The van der Waals surface area contributed by atoms with E-state index in [1.807, 2.05) is 24.3 Å². The summed E-state index contributed by atoms with van der Waals surface area (Å²) in [5, 5.41) is 3.17. The van der Waals surface area contributed by atoms with Gasteiger partial charge in [0.05, 0.1) is 11.6 Å². The van der Waals surface area contributed by atoms with Crippen LogP contribution in [0.4, 0.5) is 0 Å². The molecule has 0 aliphatic heterocycles. The van der Waals surface area contributed by atoms with E-state index in [0.29, 0.717) is 0 Å². The standard InChI is InChI=1S/C21H25NOS/c1-3-24-20-11-7-6-10-19(20)21(23)22-15(2)17-13-12-16-8-4-5-9-18(16)14-17/h6-7,10-15H,3-5,8-9H2,1-2H3,(H,22,23)/t15-/m1/s1. The Morgan fingerprint density at radius 3 is 2.67 bits per heavy atom. The van der Waals surface area contributed by atoms with Gasteiger partial charge in [0.1, 0.15) is 0 Å². The smallest absolute Gasteiger partial charge is 0.252 e. The second-order valence-electron chi connectivity index (χ2n) is 6.36. The predicted molar refractivity (Wildman–Crippen MR) is 102 cm³/mol. The van der Waals surface area contributed by atoms with Crippen LogP contribution >= 0.6 is 11.8 Å². The first-order valence-electron chi connectivity index (χ1n) is 8.83. The van der Waals surface area contributed by atoms with Crippen molar-refractivity contribution in [3.05, 3.63) is 64.7 Å². The Morgan fingerprint density at radius 2 is 1.88 bits per heavy atom. The molecular formula is C21H25NOS. The number of hydrogen-bond donors (Lipinski definition) is 1. The number of carbonyl (C=O) groups excluding carboxylic acids is 1. The second kappa shape index (κ2) is 7.89. The number of aryl methyl sites for hydroxylation is 2. The molecule has 1 aliphatic carbocycles. The van der Waals surface area contributed by atoms with Gasteiger partial charge in [-0.05, 0) is 67.2 Å². The Morgan fingerprint density at radius 1 is 1.12 bits per heavy atom. The number of fused-ring (bicyclic) bond motifs is 1. The van der Waals surface area contributed by atoms with Gasteiger partial charge >= 0.3 is 0 Å². The molecule has 1 N–H and O–H groups in total. The van der Waals surface area contributed by atoms with Gasteiger partial charge in [0, 0.05) is 4.90 Å². The highest BCUT2D eigenvalue weighted by atomic mass is 32.2. The normalized spacial score (nSPS) is 14.8. The van der Waals surface area contributed by atoms with Crippen LogP contribution in [0.1, 0.15) is 59.8 Å². The molecule has 0 fully saturated rings. The van der Waals surface area contributed by atoms with Gasteiger partial charge in [-0.25, -0.2) is 0 Å². The highest BCUT2D eigenvalue weighted by Gasteiger charge is 2.16. The molecule has 2 aromatic carbocycles. The molecule has 1 aliphatic rings. The Labute approximate surface area is 149 Å². The van der Waals surface area contributed by atoms with Gasteiger partial charge in [0.2, 0.25) is 0 Å². The number of nitrogens with one attached hydrogen (secondary N) is 1. The molecule has 2 aromatic rings. The van der Waals surface area contributed by atoms with E-state index >= 15 is 0 Å². The molecule has 0 aromatic heterocycles. The zero-order valence-corrected chi connectivity index (χ0v) is 15.3. The highest BCUT2D eigenvalue weighted by molar-refractivity contribution is 7.99. The predicted octanol–water partition coefficient (Wildman–Crippen LogP) is 5.17. The van der Waals surface area contributed by atoms with Crippen molar-refractivity contribution in [2.75, 3.05) is 5.75 Å². The zero-order chi connectivity index (χ0) is 16.9. The fraction of sp³-hybridized carbons (Fsp3) is 0.381. The van der Waals surface area contributed by atoms with Gasteiger partial charge in [-0.3, -0.25) is 4.79 Å². The minimum Gasteiger partial charge on any atom is -0.345 e. The van der Waals surface area contributed by atoms with Crippen LogP contribution in [0.3, 0.4) is 0 Å². The minimum atomic E-state index is 0.0109. The highest BCUT2D eigenvalue weighted by Crippen LogP contribution is 2.26. The van der Waals surface area contributed by atoms with Crippen molar-refractivity contribution >= 4 is 17.7 Å². The molecule has 0 unspecified atom stereocenters. The molecule has 2 nitrogen and oxygen atoms in total. The largest absolute Gasteiger partial charge is 0.345 e. The molecule has 0 heterocycles. The molecule has 0 saturated heterocycles. The first kappa shape index (κ1) is 17.1. The Bertz CT molecular complexity index is 726. The van der Waals surface area contributed by atoms with E-state index in [1.165, 1.54) is 42.4 Å². The molecule has 0 bridgehead atoms. The van der Waals surface area contributed by atoms with Crippen LogP contribution in [-0.4, -0.2) is 11.7 Å². The van der Waals surface area contributed by atoms with Crippen molar-refractivity contribution in [1.82, 2.24) is 5.32 Å². The van der Waals surface area contributed by atoms with Crippen molar-refractivity contribution in [2.45, 2.75) is 50.5 Å². The summed E-state index contributed by atoms with van der Waals surface area (Å²) in [6.45, 7) is 4.17. The minimum absolute atomic E-state index is 0.0109. The third kappa shape index (κ3) is 3.84. The van der Waals surface area contributed by atoms with E-state index in [2.05, 4.69) is 37.4 Å². The third-order valence-corrected chi connectivity index (χ3v) is 5.61. The zero-order valence-electron chi connectivity index (χ0n) is 14.5. The summed E-state index contributed by atoms with van der Waals surface area (Å²) < 4.78 is 0. The van der Waals surface area contributed by atoms with Gasteiger partial charge in [0.15, 0.2) is 0 Å². The molecule has 3 heteroatoms. The van der Waals surface area contributed by atoms with E-state index in [4.69, 9.17) is 0 Å². The maximum Gasteiger partial charge on any atom is 0.252 e. The quantitative estimate of drug-likeness (QED) is 0.762. The van der Waals surface area contributed by atoms with Gasteiger partial charge in [-0.15, -0.1) is 11.8 Å². The maximum atomic E-state index is 12.7. The molecule has 24 heavy (non-hydrogen) atoms. The third-order valence-electron chi connectivity index (χ3n) is 4.65. The van der Waals surface area contributed by atoms with Gasteiger partial charge < -0.3 is 5.32 Å². The van der Waals surface area contributed by atoms with Crippen molar-refractivity contribution in [2.24, 2.45) is 0 Å². The van der Waals surface area contributed by atoms with E-state index in [0.717, 1.165) is 16.2 Å². The SMILES string of the molecule is CCSc1ccccc1C(=O)N[C@H](C)c1ccc2c(c1)CCCC2. The maximum absolute atomic E-state index is 12.7. The molecule has 3 rings (SSSR count). The van der Waals surface area contributed by atoms with Crippen LogP contribution in [0.2, 0.25) is 0 Å². The fourth-order valence-electron chi connectivity index (χ4n) is 3.32. The van der Waals surface area contributed by atoms with E-state index in [1.54, 1.807) is 11.8 Å². The number of amides is 1. The summed E-state index contributed by atoms with van der Waals surface area (Å²) in [5.74, 6) is 0.974. The lowest BCUT2D eigenvalue weighted by atomic mass is 9.89. The fourth-order valence-corrected chi connectivity index (χ4v) is 4.12. The van der Waals surface area contributed by atoms with Gasteiger partial charge in [0.25, 0.3) is 5.91 Å². The molecule has 0 radical (unpaired) electrons. The van der Waals surface area contributed by atoms with Crippen molar-refractivity contribution < 1.29 is 4.79 Å². The molecule has 0 spiro atoms. The molecule has 1 amide bonds. The number of carbonyl (C=O) groups is 1. The first-order valence-corrected chi connectivity index (χ1v) is 9.82. The number of rotatable bonds is 5. The lowest BCUT2D eigenvalue weighted by molar-refractivity contribution is 0.0937. The summed E-state index contributed by atoms with van der Waals surface area (Å²) >= 11 is 1.71. The Hall–Kier alpha value is -1.74. The Balaban J connectivity index is 1.75. The van der Waals surface area contributed by atoms with E-state index in [-0.39, 0.29) is 11.9 Å². The summed E-state index contributed by atoms with van der Waals surface area (Å²) in [7, 11) is 0. The van der Waals surface area contributed by atoms with Crippen molar-refractivity contribution in [3.8, 4) is 0 Å². The van der Waals surface area contributed by atoms with E-state index in [9.17, 15) is 4.79 Å². The van der Waals surface area contributed by atoms with Crippen LogP contribution in [0.15, 0.2) is 47.4 Å². The molecule has 126 valence electrons. The Kier molecular flexibility index (Phi) is 5.62. The first-order chi connectivity index (χ1) is 11.7.